The summed E-state index contributed by atoms with van der Waals surface area (Å²) < 4.78 is 0. The van der Waals surface area contributed by atoms with Crippen molar-refractivity contribution in [1.82, 2.24) is 9.97 Å². The molecule has 0 radical (unpaired) electrons. The third-order valence-corrected chi connectivity index (χ3v) is 4.72. The molecule has 0 bridgehead atoms. The van der Waals surface area contributed by atoms with Gasteiger partial charge in [-0.25, -0.2) is 0 Å². The van der Waals surface area contributed by atoms with Crippen molar-refractivity contribution in [3.63, 3.8) is 0 Å². The summed E-state index contributed by atoms with van der Waals surface area (Å²) in [6, 6.07) is 17.7. The normalized spacial score (nSPS) is 10.8. The van der Waals surface area contributed by atoms with Crippen molar-refractivity contribution in [3.05, 3.63) is 84.2 Å². The van der Waals surface area contributed by atoms with Gasteiger partial charge in [0.25, 0.3) is 0 Å². The average Bonchev–Trinajstić information content (AvgIpc) is 2.68. The number of halogens is 1. The highest BCUT2D eigenvalue weighted by Gasteiger charge is 2.11. The molecule has 0 spiro atoms. The summed E-state index contributed by atoms with van der Waals surface area (Å²) in [4.78, 5) is 8.96. The van der Waals surface area contributed by atoms with Gasteiger partial charge in [-0.3, -0.25) is 9.97 Å². The quantitative estimate of drug-likeness (QED) is 0.501. The number of benzene rings is 2. The molecule has 0 saturated heterocycles. The second kappa shape index (κ2) is 6.62. The molecule has 0 unspecified atom stereocenters. The molecule has 126 valence electrons. The molecule has 0 amide bonds. The van der Waals surface area contributed by atoms with Gasteiger partial charge in [0.1, 0.15) is 0 Å². The first kappa shape index (κ1) is 16.3. The van der Waals surface area contributed by atoms with Gasteiger partial charge < -0.3 is 5.73 Å². The molecule has 3 nitrogen and oxygen atoms in total. The highest BCUT2D eigenvalue weighted by atomic mass is 35.5. The van der Waals surface area contributed by atoms with Gasteiger partial charge in [-0.05, 0) is 41.5 Å². The summed E-state index contributed by atoms with van der Waals surface area (Å²) in [5, 5.41) is 1.58. The van der Waals surface area contributed by atoms with E-state index in [1.807, 2.05) is 48.5 Å². The largest absolute Gasteiger partial charge is 0.398 e. The lowest BCUT2D eigenvalue weighted by Crippen LogP contribution is -1.92. The van der Waals surface area contributed by atoms with Crippen LogP contribution in [-0.2, 0) is 0 Å². The Morgan fingerprint density at radius 3 is 2.58 bits per heavy atom. The predicted molar refractivity (Wildman–Crippen MR) is 110 cm³/mol. The SMILES string of the molecule is C=Cc1ccc(-c2ncccc2-c2ccc3nccc(N)c3c2)cc1Cl. The third-order valence-electron chi connectivity index (χ3n) is 4.39. The molecule has 4 heteroatoms. The summed E-state index contributed by atoms with van der Waals surface area (Å²) in [7, 11) is 0. The Hall–Kier alpha value is -3.17. The number of fused-ring (bicyclic) bond motifs is 1. The standard InChI is InChI=1S/C22H16ClN3/c1-2-14-5-6-16(13-19(14)23)22-17(4-3-10-26-22)15-7-8-21-18(12-15)20(24)9-11-25-21/h2-13H,1H2,(H2,24,25). The van der Waals surface area contributed by atoms with Gasteiger partial charge in [-0.1, -0.05) is 48.5 Å². The van der Waals surface area contributed by atoms with E-state index in [0.29, 0.717) is 10.7 Å². The number of hydrogen-bond donors (Lipinski definition) is 1. The summed E-state index contributed by atoms with van der Waals surface area (Å²) in [5.74, 6) is 0. The first-order chi connectivity index (χ1) is 12.7. The van der Waals surface area contributed by atoms with E-state index in [-0.39, 0.29) is 0 Å². The Kier molecular flexibility index (Phi) is 4.15. The van der Waals surface area contributed by atoms with Gasteiger partial charge in [-0.2, -0.15) is 0 Å². The van der Waals surface area contributed by atoms with Crippen LogP contribution in [-0.4, -0.2) is 9.97 Å². The second-order valence-corrected chi connectivity index (χ2v) is 6.38. The fraction of sp³-hybridized carbons (Fsp3) is 0. The minimum absolute atomic E-state index is 0.654. The fourth-order valence-electron chi connectivity index (χ4n) is 3.04. The number of nitrogens with zero attached hydrogens (tertiary/aromatic N) is 2. The molecule has 0 aliphatic heterocycles. The number of hydrogen-bond acceptors (Lipinski definition) is 3. The third kappa shape index (κ3) is 2.83. The lowest BCUT2D eigenvalue weighted by Gasteiger charge is -2.11. The van der Waals surface area contributed by atoms with Crippen LogP contribution in [0.3, 0.4) is 0 Å². The van der Waals surface area contributed by atoms with Gasteiger partial charge in [0.05, 0.1) is 11.2 Å². The number of rotatable bonds is 3. The van der Waals surface area contributed by atoms with Crippen LogP contribution in [0.15, 0.2) is 73.6 Å². The van der Waals surface area contributed by atoms with E-state index in [1.54, 1.807) is 18.5 Å². The summed E-state index contributed by atoms with van der Waals surface area (Å²) in [5.41, 5.74) is 12.5. The molecule has 0 atom stereocenters. The molecular formula is C22H16ClN3. The Balaban J connectivity index is 1.90. The maximum atomic E-state index is 6.35. The van der Waals surface area contributed by atoms with E-state index >= 15 is 0 Å². The lowest BCUT2D eigenvalue weighted by atomic mass is 9.97. The molecule has 26 heavy (non-hydrogen) atoms. The van der Waals surface area contributed by atoms with E-state index in [0.717, 1.165) is 38.9 Å². The highest BCUT2D eigenvalue weighted by molar-refractivity contribution is 6.32. The average molecular weight is 358 g/mol. The second-order valence-electron chi connectivity index (χ2n) is 5.97. The van der Waals surface area contributed by atoms with Crippen LogP contribution in [0.4, 0.5) is 5.69 Å². The van der Waals surface area contributed by atoms with Crippen molar-refractivity contribution >= 4 is 34.3 Å². The van der Waals surface area contributed by atoms with Crippen LogP contribution >= 0.6 is 11.6 Å². The minimum atomic E-state index is 0.654. The number of anilines is 1. The topological polar surface area (TPSA) is 51.8 Å². The Bertz CT molecular complexity index is 1140. The van der Waals surface area contributed by atoms with Crippen LogP contribution in [0.1, 0.15) is 5.56 Å². The van der Waals surface area contributed by atoms with E-state index in [1.165, 1.54) is 0 Å². The van der Waals surface area contributed by atoms with Gasteiger partial charge in [0, 0.05) is 39.6 Å². The maximum Gasteiger partial charge on any atom is 0.0780 e. The van der Waals surface area contributed by atoms with Crippen molar-refractivity contribution in [3.8, 4) is 22.4 Å². The van der Waals surface area contributed by atoms with E-state index < -0.39 is 0 Å². The highest BCUT2D eigenvalue weighted by Crippen LogP contribution is 2.34. The molecule has 0 fully saturated rings. The van der Waals surface area contributed by atoms with Gasteiger partial charge in [-0.15, -0.1) is 0 Å². The Labute approximate surface area is 156 Å². The zero-order valence-electron chi connectivity index (χ0n) is 14.0. The van der Waals surface area contributed by atoms with Crippen molar-refractivity contribution in [2.24, 2.45) is 0 Å². The van der Waals surface area contributed by atoms with Crippen molar-refractivity contribution < 1.29 is 0 Å². The zero-order chi connectivity index (χ0) is 18.1. The zero-order valence-corrected chi connectivity index (χ0v) is 14.7. The number of aromatic nitrogens is 2. The first-order valence-electron chi connectivity index (χ1n) is 8.19. The molecule has 2 aromatic carbocycles. The fourth-order valence-corrected chi connectivity index (χ4v) is 3.30. The van der Waals surface area contributed by atoms with E-state index in [9.17, 15) is 0 Å². The molecular weight excluding hydrogens is 342 g/mol. The molecule has 4 rings (SSSR count). The van der Waals surface area contributed by atoms with Crippen molar-refractivity contribution in [1.29, 1.82) is 0 Å². The van der Waals surface area contributed by atoms with Gasteiger partial charge >= 0.3 is 0 Å². The maximum absolute atomic E-state index is 6.35. The van der Waals surface area contributed by atoms with Crippen molar-refractivity contribution in [2.45, 2.75) is 0 Å². The lowest BCUT2D eigenvalue weighted by molar-refractivity contribution is 1.32. The van der Waals surface area contributed by atoms with Gasteiger partial charge in [0.15, 0.2) is 0 Å². The predicted octanol–water partition coefficient (Wildman–Crippen LogP) is 5.84. The first-order valence-corrected chi connectivity index (χ1v) is 8.57. The smallest absolute Gasteiger partial charge is 0.0780 e. The number of nitrogen functional groups attached to an aromatic ring is 1. The van der Waals surface area contributed by atoms with Crippen LogP contribution in [0.2, 0.25) is 5.02 Å². The van der Waals surface area contributed by atoms with Crippen molar-refractivity contribution in [2.75, 3.05) is 5.73 Å². The monoisotopic (exact) mass is 357 g/mol. The molecule has 2 heterocycles. The molecule has 2 N–H and O–H groups in total. The van der Waals surface area contributed by atoms with E-state index in [2.05, 4.69) is 22.6 Å². The molecule has 2 aromatic heterocycles. The Morgan fingerprint density at radius 1 is 0.923 bits per heavy atom. The number of pyridine rings is 2. The van der Waals surface area contributed by atoms with Crippen LogP contribution in [0.25, 0.3) is 39.4 Å². The molecule has 4 aromatic rings. The molecule has 0 aliphatic carbocycles. The molecule has 0 aliphatic rings. The summed E-state index contributed by atoms with van der Waals surface area (Å²) in [6.07, 6.45) is 5.24. The minimum Gasteiger partial charge on any atom is -0.398 e. The van der Waals surface area contributed by atoms with Gasteiger partial charge in [0.2, 0.25) is 0 Å². The summed E-state index contributed by atoms with van der Waals surface area (Å²) in [6.45, 7) is 3.78. The Morgan fingerprint density at radius 2 is 1.77 bits per heavy atom. The van der Waals surface area contributed by atoms with Crippen LogP contribution < -0.4 is 5.73 Å². The number of nitrogens with two attached hydrogens (primary N) is 1. The summed E-state index contributed by atoms with van der Waals surface area (Å²) >= 11 is 6.35. The van der Waals surface area contributed by atoms with Crippen LogP contribution in [0, 0.1) is 0 Å². The molecule has 0 saturated carbocycles. The van der Waals surface area contributed by atoms with E-state index in [4.69, 9.17) is 17.3 Å². The van der Waals surface area contributed by atoms with Crippen LogP contribution in [0.5, 0.6) is 0 Å².